The number of benzene rings is 1. The molecule has 1 aliphatic heterocycles. The van der Waals surface area contributed by atoms with E-state index in [0.29, 0.717) is 25.4 Å². The van der Waals surface area contributed by atoms with Gasteiger partial charge in [0.2, 0.25) is 0 Å². The average molecular weight is 371 g/mol. The summed E-state index contributed by atoms with van der Waals surface area (Å²) in [6.07, 6.45) is 1.35. The number of anilines is 1. The van der Waals surface area contributed by atoms with Crippen molar-refractivity contribution in [2.24, 2.45) is 0 Å². The molecule has 7 heteroatoms. The zero-order chi connectivity index (χ0) is 18.4. The van der Waals surface area contributed by atoms with Crippen LogP contribution in [-0.4, -0.2) is 47.1 Å². The number of morpholine rings is 1. The van der Waals surface area contributed by atoms with Crippen molar-refractivity contribution in [1.29, 1.82) is 0 Å². The van der Waals surface area contributed by atoms with E-state index in [0.717, 1.165) is 16.3 Å². The van der Waals surface area contributed by atoms with Crippen LogP contribution in [0.25, 0.3) is 0 Å². The summed E-state index contributed by atoms with van der Waals surface area (Å²) < 4.78 is 5.74. The SMILES string of the molecule is CCSc1ccc(NC(=O)C(=O)N2CCO[C@@H](c3ccccc3)C2)cn1. The third-order valence-corrected chi connectivity index (χ3v) is 4.83. The monoisotopic (exact) mass is 371 g/mol. The number of amides is 2. The van der Waals surface area contributed by atoms with Crippen LogP contribution in [0.2, 0.25) is 0 Å². The van der Waals surface area contributed by atoms with Crippen LogP contribution in [0.4, 0.5) is 5.69 Å². The van der Waals surface area contributed by atoms with Gasteiger partial charge in [-0.05, 0) is 23.4 Å². The van der Waals surface area contributed by atoms with Gasteiger partial charge in [-0.2, -0.15) is 0 Å². The molecule has 3 rings (SSSR count). The number of carbonyl (C=O) groups is 2. The Morgan fingerprint density at radius 3 is 2.77 bits per heavy atom. The van der Waals surface area contributed by atoms with Gasteiger partial charge in [-0.3, -0.25) is 9.59 Å². The molecule has 1 aromatic heterocycles. The first kappa shape index (κ1) is 18.4. The summed E-state index contributed by atoms with van der Waals surface area (Å²) in [5.74, 6) is -0.283. The van der Waals surface area contributed by atoms with Gasteiger partial charge in [0.1, 0.15) is 6.10 Å². The van der Waals surface area contributed by atoms with Crippen molar-refractivity contribution in [2.45, 2.75) is 18.1 Å². The lowest BCUT2D eigenvalue weighted by Gasteiger charge is -2.32. The first-order valence-electron chi connectivity index (χ1n) is 8.53. The van der Waals surface area contributed by atoms with E-state index >= 15 is 0 Å². The van der Waals surface area contributed by atoms with Gasteiger partial charge >= 0.3 is 11.8 Å². The molecule has 1 saturated heterocycles. The van der Waals surface area contributed by atoms with Gasteiger partial charge in [-0.25, -0.2) is 4.98 Å². The van der Waals surface area contributed by atoms with Gasteiger partial charge in [0.25, 0.3) is 0 Å². The van der Waals surface area contributed by atoms with E-state index < -0.39 is 11.8 Å². The molecule has 6 nitrogen and oxygen atoms in total. The first-order valence-corrected chi connectivity index (χ1v) is 9.51. The van der Waals surface area contributed by atoms with Crippen LogP contribution < -0.4 is 5.32 Å². The fourth-order valence-electron chi connectivity index (χ4n) is 2.72. The summed E-state index contributed by atoms with van der Waals surface area (Å²) in [5.41, 5.74) is 1.51. The molecule has 0 unspecified atom stereocenters. The third-order valence-electron chi connectivity index (χ3n) is 4.01. The fraction of sp³-hybridized carbons (Fsp3) is 0.316. The van der Waals surface area contributed by atoms with Crippen LogP contribution in [0.5, 0.6) is 0 Å². The maximum atomic E-state index is 12.5. The molecule has 2 amide bonds. The number of hydrogen-bond donors (Lipinski definition) is 1. The molecular weight excluding hydrogens is 350 g/mol. The van der Waals surface area contributed by atoms with E-state index in [1.54, 1.807) is 24.0 Å². The second-order valence-electron chi connectivity index (χ2n) is 5.79. The number of hydrogen-bond acceptors (Lipinski definition) is 5. The molecular formula is C19H21N3O3S. The molecule has 0 radical (unpaired) electrons. The molecule has 0 aliphatic carbocycles. The van der Waals surface area contributed by atoms with E-state index in [2.05, 4.69) is 10.3 Å². The Morgan fingerprint density at radius 1 is 1.27 bits per heavy atom. The molecule has 2 aromatic rings. The number of ether oxygens (including phenoxy) is 1. The Labute approximate surface area is 156 Å². The maximum absolute atomic E-state index is 12.5. The lowest BCUT2D eigenvalue weighted by Crippen LogP contribution is -2.46. The molecule has 1 atom stereocenters. The number of carbonyl (C=O) groups excluding carboxylic acids is 2. The second kappa shape index (κ2) is 8.82. The summed E-state index contributed by atoms with van der Waals surface area (Å²) in [6, 6.07) is 13.3. The van der Waals surface area contributed by atoms with Crippen molar-refractivity contribution in [3.05, 3.63) is 54.2 Å². The minimum absolute atomic E-state index is 0.214. The Kier molecular flexibility index (Phi) is 6.25. The number of pyridine rings is 1. The summed E-state index contributed by atoms with van der Waals surface area (Å²) in [6.45, 7) is 3.22. The number of nitrogens with one attached hydrogen (secondary N) is 1. The van der Waals surface area contributed by atoms with Gasteiger partial charge in [0.05, 0.1) is 30.1 Å². The first-order chi connectivity index (χ1) is 12.7. The van der Waals surface area contributed by atoms with Crippen molar-refractivity contribution >= 4 is 29.3 Å². The van der Waals surface area contributed by atoms with Gasteiger partial charge in [-0.1, -0.05) is 37.3 Å². The second-order valence-corrected chi connectivity index (χ2v) is 7.08. The number of nitrogens with zero attached hydrogens (tertiary/aromatic N) is 2. The molecule has 0 spiro atoms. The predicted octanol–water partition coefficient (Wildman–Crippen LogP) is 2.73. The summed E-state index contributed by atoms with van der Waals surface area (Å²) >= 11 is 1.62. The van der Waals surface area contributed by atoms with Crippen LogP contribution in [0.1, 0.15) is 18.6 Å². The maximum Gasteiger partial charge on any atom is 0.313 e. The van der Waals surface area contributed by atoms with Crippen LogP contribution >= 0.6 is 11.8 Å². The van der Waals surface area contributed by atoms with E-state index in [1.165, 1.54) is 4.90 Å². The quantitative estimate of drug-likeness (QED) is 0.661. The van der Waals surface area contributed by atoms with Crippen molar-refractivity contribution in [1.82, 2.24) is 9.88 Å². The van der Waals surface area contributed by atoms with E-state index in [1.807, 2.05) is 43.3 Å². The number of aromatic nitrogens is 1. The Bertz CT molecular complexity index is 752. The highest BCUT2D eigenvalue weighted by atomic mass is 32.2. The van der Waals surface area contributed by atoms with Crippen molar-refractivity contribution < 1.29 is 14.3 Å². The van der Waals surface area contributed by atoms with Crippen molar-refractivity contribution in [3.63, 3.8) is 0 Å². The average Bonchev–Trinajstić information content (AvgIpc) is 2.70. The van der Waals surface area contributed by atoms with Gasteiger partial charge < -0.3 is 15.0 Å². The topological polar surface area (TPSA) is 71.5 Å². The molecule has 136 valence electrons. The van der Waals surface area contributed by atoms with Crippen molar-refractivity contribution in [2.75, 3.05) is 30.8 Å². The molecule has 0 bridgehead atoms. The molecule has 1 N–H and O–H groups in total. The van der Waals surface area contributed by atoms with E-state index in [4.69, 9.17) is 4.74 Å². The normalized spacial score (nSPS) is 17.0. The van der Waals surface area contributed by atoms with E-state index in [9.17, 15) is 9.59 Å². The molecule has 0 saturated carbocycles. The third kappa shape index (κ3) is 4.62. The van der Waals surface area contributed by atoms with Gasteiger partial charge in [0.15, 0.2) is 0 Å². The zero-order valence-electron chi connectivity index (χ0n) is 14.6. The Hall–Kier alpha value is -2.38. The van der Waals surface area contributed by atoms with Crippen LogP contribution in [0.3, 0.4) is 0 Å². The molecule has 26 heavy (non-hydrogen) atoms. The highest BCUT2D eigenvalue weighted by Crippen LogP contribution is 2.22. The smallest absolute Gasteiger partial charge is 0.313 e. The molecule has 2 heterocycles. The van der Waals surface area contributed by atoms with Crippen LogP contribution in [0, 0.1) is 0 Å². The zero-order valence-corrected chi connectivity index (χ0v) is 15.4. The highest BCUT2D eigenvalue weighted by Gasteiger charge is 2.29. The lowest BCUT2D eigenvalue weighted by molar-refractivity contribution is -0.148. The van der Waals surface area contributed by atoms with Gasteiger partial charge in [-0.15, -0.1) is 11.8 Å². The Morgan fingerprint density at radius 2 is 2.08 bits per heavy atom. The standard InChI is InChI=1S/C19H21N3O3S/c1-2-26-17-9-8-15(12-20-17)21-18(23)19(24)22-10-11-25-16(13-22)14-6-4-3-5-7-14/h3-9,12,16H,2,10-11,13H2,1H3,(H,21,23)/t16-/m1/s1. The summed E-state index contributed by atoms with van der Waals surface area (Å²) in [7, 11) is 0. The minimum Gasteiger partial charge on any atom is -0.370 e. The number of thioether (sulfide) groups is 1. The number of rotatable bonds is 4. The lowest BCUT2D eigenvalue weighted by atomic mass is 10.1. The largest absolute Gasteiger partial charge is 0.370 e. The minimum atomic E-state index is -0.656. The molecule has 1 fully saturated rings. The van der Waals surface area contributed by atoms with Crippen LogP contribution in [0.15, 0.2) is 53.7 Å². The predicted molar refractivity (Wildman–Crippen MR) is 101 cm³/mol. The van der Waals surface area contributed by atoms with Crippen molar-refractivity contribution in [3.8, 4) is 0 Å². The van der Waals surface area contributed by atoms with E-state index in [-0.39, 0.29) is 6.10 Å². The molecule has 1 aromatic carbocycles. The Balaban J connectivity index is 1.60. The summed E-state index contributed by atoms with van der Waals surface area (Å²) in [4.78, 5) is 30.6. The fourth-order valence-corrected chi connectivity index (χ4v) is 3.31. The summed E-state index contributed by atoms with van der Waals surface area (Å²) in [5, 5.41) is 3.51. The highest BCUT2D eigenvalue weighted by molar-refractivity contribution is 7.99. The molecule has 1 aliphatic rings. The van der Waals surface area contributed by atoms with Crippen LogP contribution in [-0.2, 0) is 14.3 Å². The van der Waals surface area contributed by atoms with Gasteiger partial charge in [0, 0.05) is 6.54 Å².